The van der Waals surface area contributed by atoms with Crippen molar-refractivity contribution in [2.24, 2.45) is 0 Å². The van der Waals surface area contributed by atoms with Crippen molar-refractivity contribution in [3.63, 3.8) is 0 Å². The molecule has 1 aromatic rings. The average molecular weight is 280 g/mol. The van der Waals surface area contributed by atoms with Crippen LogP contribution in [0, 0.1) is 17.1 Å². The maximum Gasteiger partial charge on any atom is 0.123 e. The summed E-state index contributed by atoms with van der Waals surface area (Å²) in [4.78, 5) is 1.07. The highest BCUT2D eigenvalue weighted by Gasteiger charge is 2.25. The predicted molar refractivity (Wildman–Crippen MR) is 78.7 cm³/mol. The van der Waals surface area contributed by atoms with Crippen LogP contribution in [0.1, 0.15) is 33.1 Å². The Hall–Kier alpha value is -1.05. The minimum Gasteiger partial charge on any atom is -0.300 e. The van der Waals surface area contributed by atoms with Gasteiger partial charge in [0.1, 0.15) is 11.4 Å². The largest absolute Gasteiger partial charge is 0.300 e. The quantitative estimate of drug-likeness (QED) is 0.578. The summed E-state index contributed by atoms with van der Waals surface area (Å²) in [6.45, 7) is 4.88. The molecule has 0 heterocycles. The van der Waals surface area contributed by atoms with Crippen LogP contribution in [0.15, 0.2) is 29.2 Å². The van der Waals surface area contributed by atoms with Crippen LogP contribution in [0.25, 0.3) is 0 Å². The molecule has 1 N–H and O–H groups in total. The molecule has 0 fully saturated rings. The number of thioether (sulfide) groups is 1. The van der Waals surface area contributed by atoms with E-state index in [0.29, 0.717) is 0 Å². The fourth-order valence-corrected chi connectivity index (χ4v) is 2.85. The van der Waals surface area contributed by atoms with Gasteiger partial charge in [-0.05, 0) is 55.8 Å². The molecule has 1 aromatic carbocycles. The van der Waals surface area contributed by atoms with Gasteiger partial charge in [-0.2, -0.15) is 5.26 Å². The van der Waals surface area contributed by atoms with E-state index in [1.807, 2.05) is 13.8 Å². The summed E-state index contributed by atoms with van der Waals surface area (Å²) in [7, 11) is 0. The number of halogens is 1. The Balaban J connectivity index is 2.37. The Morgan fingerprint density at radius 3 is 2.53 bits per heavy atom. The molecule has 19 heavy (non-hydrogen) atoms. The molecule has 2 nitrogen and oxygen atoms in total. The molecule has 0 spiro atoms. The SMILES string of the molecule is CCNC(C#N)(CC)CCCSc1ccc(F)cc1. The lowest BCUT2D eigenvalue weighted by molar-refractivity contribution is 0.379. The third-order valence-corrected chi connectivity index (χ3v) is 4.26. The van der Waals surface area contributed by atoms with Gasteiger partial charge in [0.15, 0.2) is 0 Å². The highest BCUT2D eigenvalue weighted by Crippen LogP contribution is 2.23. The van der Waals surface area contributed by atoms with Crippen LogP contribution in [0.5, 0.6) is 0 Å². The first kappa shape index (κ1) is 16.0. The molecule has 1 rings (SSSR count). The maximum absolute atomic E-state index is 12.8. The van der Waals surface area contributed by atoms with Crippen LogP contribution in [-0.2, 0) is 0 Å². The molecule has 1 unspecified atom stereocenters. The molecule has 104 valence electrons. The molecule has 0 aliphatic rings. The topological polar surface area (TPSA) is 35.8 Å². The third-order valence-electron chi connectivity index (χ3n) is 3.16. The number of benzene rings is 1. The van der Waals surface area contributed by atoms with Gasteiger partial charge in [0.2, 0.25) is 0 Å². The van der Waals surface area contributed by atoms with E-state index in [-0.39, 0.29) is 5.82 Å². The molecule has 0 aliphatic heterocycles. The fourth-order valence-electron chi connectivity index (χ4n) is 2.00. The van der Waals surface area contributed by atoms with Crippen LogP contribution in [0.3, 0.4) is 0 Å². The Bertz CT molecular complexity index is 413. The minimum atomic E-state index is -0.391. The zero-order valence-electron chi connectivity index (χ0n) is 11.6. The maximum atomic E-state index is 12.8. The van der Waals surface area contributed by atoms with Crippen molar-refractivity contribution >= 4 is 11.8 Å². The lowest BCUT2D eigenvalue weighted by atomic mass is 9.92. The molecule has 0 amide bonds. The zero-order valence-corrected chi connectivity index (χ0v) is 12.4. The smallest absolute Gasteiger partial charge is 0.123 e. The van der Waals surface area contributed by atoms with E-state index in [1.165, 1.54) is 12.1 Å². The number of rotatable bonds is 8. The van der Waals surface area contributed by atoms with E-state index in [9.17, 15) is 9.65 Å². The van der Waals surface area contributed by atoms with Gasteiger partial charge in [-0.15, -0.1) is 11.8 Å². The molecular formula is C15H21FN2S. The molecule has 0 radical (unpaired) electrons. The molecule has 4 heteroatoms. The molecule has 0 aliphatic carbocycles. The fraction of sp³-hybridized carbons (Fsp3) is 0.533. The number of nitrogens with one attached hydrogen (secondary N) is 1. The van der Waals surface area contributed by atoms with Gasteiger partial charge in [-0.25, -0.2) is 4.39 Å². The van der Waals surface area contributed by atoms with Crippen molar-refractivity contribution in [1.82, 2.24) is 5.32 Å². The first-order chi connectivity index (χ1) is 9.15. The Labute approximate surface area is 119 Å². The van der Waals surface area contributed by atoms with E-state index in [1.54, 1.807) is 23.9 Å². The average Bonchev–Trinajstić information content (AvgIpc) is 2.44. The van der Waals surface area contributed by atoms with Gasteiger partial charge in [0.25, 0.3) is 0 Å². The number of hydrogen-bond acceptors (Lipinski definition) is 3. The van der Waals surface area contributed by atoms with Crippen LogP contribution in [0.4, 0.5) is 4.39 Å². The normalized spacial score (nSPS) is 13.8. The lowest BCUT2D eigenvalue weighted by Gasteiger charge is -2.25. The van der Waals surface area contributed by atoms with E-state index in [2.05, 4.69) is 11.4 Å². The van der Waals surface area contributed by atoms with Crippen LogP contribution in [-0.4, -0.2) is 17.8 Å². The summed E-state index contributed by atoms with van der Waals surface area (Å²) in [6, 6.07) is 8.95. The van der Waals surface area contributed by atoms with E-state index in [4.69, 9.17) is 0 Å². The first-order valence-electron chi connectivity index (χ1n) is 6.70. The second-order valence-electron chi connectivity index (χ2n) is 4.48. The molecule has 1 atom stereocenters. The highest BCUT2D eigenvalue weighted by molar-refractivity contribution is 7.99. The van der Waals surface area contributed by atoms with Gasteiger partial charge in [0.05, 0.1) is 6.07 Å². The van der Waals surface area contributed by atoms with E-state index >= 15 is 0 Å². The Morgan fingerprint density at radius 1 is 1.32 bits per heavy atom. The van der Waals surface area contributed by atoms with Crippen molar-refractivity contribution < 1.29 is 4.39 Å². The molecule has 0 saturated heterocycles. The van der Waals surface area contributed by atoms with Crippen molar-refractivity contribution in [1.29, 1.82) is 5.26 Å². The van der Waals surface area contributed by atoms with Crippen LogP contribution in [0.2, 0.25) is 0 Å². The van der Waals surface area contributed by atoms with Crippen molar-refractivity contribution in [3.05, 3.63) is 30.1 Å². The monoisotopic (exact) mass is 280 g/mol. The van der Waals surface area contributed by atoms with Crippen LogP contribution >= 0.6 is 11.8 Å². The number of hydrogen-bond donors (Lipinski definition) is 1. The van der Waals surface area contributed by atoms with Gasteiger partial charge >= 0.3 is 0 Å². The predicted octanol–water partition coefficient (Wildman–Crippen LogP) is 3.98. The third kappa shape index (κ3) is 5.22. The second kappa shape index (κ2) is 8.19. The van der Waals surface area contributed by atoms with Crippen molar-refractivity contribution in [2.45, 2.75) is 43.5 Å². The number of nitriles is 1. The standard InChI is InChI=1S/C15H21FN2S/c1-3-15(12-17,18-4-2)10-5-11-19-14-8-6-13(16)7-9-14/h6-9,18H,3-5,10-11H2,1-2H3. The van der Waals surface area contributed by atoms with Crippen molar-refractivity contribution in [3.8, 4) is 6.07 Å². The van der Waals surface area contributed by atoms with Gasteiger partial charge in [0, 0.05) is 4.90 Å². The summed E-state index contributed by atoms with van der Waals surface area (Å²) >= 11 is 1.71. The summed E-state index contributed by atoms with van der Waals surface area (Å²) in [6.07, 6.45) is 2.64. The lowest BCUT2D eigenvalue weighted by Crippen LogP contribution is -2.43. The molecule has 0 aromatic heterocycles. The van der Waals surface area contributed by atoms with E-state index in [0.717, 1.165) is 36.5 Å². The zero-order chi connectivity index (χ0) is 14.1. The van der Waals surface area contributed by atoms with Gasteiger partial charge in [-0.1, -0.05) is 13.8 Å². The summed E-state index contributed by atoms with van der Waals surface area (Å²) in [5.74, 6) is 0.742. The van der Waals surface area contributed by atoms with E-state index < -0.39 is 5.54 Å². The second-order valence-corrected chi connectivity index (χ2v) is 5.65. The summed E-state index contributed by atoms with van der Waals surface area (Å²) < 4.78 is 12.8. The highest BCUT2D eigenvalue weighted by atomic mass is 32.2. The Morgan fingerprint density at radius 2 is 2.00 bits per heavy atom. The summed E-state index contributed by atoms with van der Waals surface area (Å²) in [5.41, 5.74) is -0.391. The van der Waals surface area contributed by atoms with Crippen molar-refractivity contribution in [2.75, 3.05) is 12.3 Å². The Kier molecular flexibility index (Phi) is 6.90. The van der Waals surface area contributed by atoms with Gasteiger partial charge < -0.3 is 0 Å². The summed E-state index contributed by atoms with van der Waals surface area (Å²) in [5, 5.41) is 12.6. The minimum absolute atomic E-state index is 0.203. The van der Waals surface area contributed by atoms with Gasteiger partial charge in [-0.3, -0.25) is 5.32 Å². The molecule has 0 bridgehead atoms. The molecule has 0 saturated carbocycles. The number of nitrogens with zero attached hydrogens (tertiary/aromatic N) is 1. The molecular weight excluding hydrogens is 259 g/mol. The van der Waals surface area contributed by atoms with Crippen LogP contribution < -0.4 is 5.32 Å². The first-order valence-corrected chi connectivity index (χ1v) is 7.69.